The summed E-state index contributed by atoms with van der Waals surface area (Å²) in [6, 6.07) is 13.7. The van der Waals surface area contributed by atoms with Crippen LogP contribution >= 0.6 is 0 Å². The van der Waals surface area contributed by atoms with Gasteiger partial charge >= 0.3 is 0 Å². The highest BCUT2D eigenvalue weighted by atomic mass is 16.2. The van der Waals surface area contributed by atoms with Crippen LogP contribution in [0, 0.1) is 26.7 Å². The molecular weight excluding hydrogens is 322 g/mol. The average Bonchev–Trinajstić information content (AvgIpc) is 2.86. The molecule has 0 aliphatic rings. The molecule has 0 radical (unpaired) electrons. The molecule has 0 saturated carbocycles. The van der Waals surface area contributed by atoms with Crippen molar-refractivity contribution in [2.24, 2.45) is 5.92 Å². The molecule has 0 spiro atoms. The summed E-state index contributed by atoms with van der Waals surface area (Å²) in [7, 11) is 0. The number of aryl methyl sites for hydroxylation is 2. The number of Topliss-reactive ketones (excluding diaryl/α,β-unsaturated/α-hetero) is 1. The highest BCUT2D eigenvalue weighted by Crippen LogP contribution is 2.29. The van der Waals surface area contributed by atoms with Crippen molar-refractivity contribution in [2.75, 3.05) is 0 Å². The van der Waals surface area contributed by atoms with Gasteiger partial charge in [0.15, 0.2) is 0 Å². The summed E-state index contributed by atoms with van der Waals surface area (Å²) in [6.07, 6.45) is 0.359. The lowest BCUT2D eigenvalue weighted by Crippen LogP contribution is -2.15. The van der Waals surface area contributed by atoms with Crippen LogP contribution in [-0.4, -0.2) is 16.3 Å². The van der Waals surface area contributed by atoms with E-state index < -0.39 is 0 Å². The summed E-state index contributed by atoms with van der Waals surface area (Å²) in [5.41, 5.74) is 5.57. The first-order valence-corrected chi connectivity index (χ1v) is 9.04. The maximum atomic E-state index is 13.2. The minimum atomic E-state index is -0.0559. The van der Waals surface area contributed by atoms with Gasteiger partial charge in [-0.05, 0) is 50.6 Å². The van der Waals surface area contributed by atoms with Gasteiger partial charge in [0.05, 0.1) is 5.52 Å². The number of ketones is 1. The van der Waals surface area contributed by atoms with Crippen molar-refractivity contribution in [3.05, 3.63) is 70.4 Å². The Bertz CT molecular complexity index is 991. The number of benzene rings is 2. The topological polar surface area (TPSA) is 39.1 Å². The molecule has 0 fully saturated rings. The zero-order valence-corrected chi connectivity index (χ0v) is 16.1. The molecule has 3 nitrogen and oxygen atoms in total. The molecule has 3 aromatic rings. The Labute approximate surface area is 154 Å². The Hall–Kier alpha value is -2.68. The van der Waals surface area contributed by atoms with E-state index in [1.54, 1.807) is 4.57 Å². The molecule has 26 heavy (non-hydrogen) atoms. The van der Waals surface area contributed by atoms with Gasteiger partial charge in [-0.1, -0.05) is 43.2 Å². The molecule has 134 valence electrons. The van der Waals surface area contributed by atoms with Gasteiger partial charge in [-0.3, -0.25) is 14.2 Å². The van der Waals surface area contributed by atoms with E-state index in [4.69, 9.17) is 0 Å². The fourth-order valence-corrected chi connectivity index (χ4v) is 3.29. The van der Waals surface area contributed by atoms with Crippen LogP contribution in [0.15, 0.2) is 42.5 Å². The molecule has 3 heteroatoms. The van der Waals surface area contributed by atoms with Crippen molar-refractivity contribution in [3.8, 4) is 0 Å². The standard InChI is InChI=1S/C23H25NO2/c1-14(2)22(25)13-19-17(5)24(21-11-8-16(4)12-20(19)21)23(26)18-9-6-15(3)7-10-18/h6-12,14H,13H2,1-5H3. The van der Waals surface area contributed by atoms with Crippen LogP contribution in [-0.2, 0) is 11.2 Å². The second kappa shape index (κ2) is 6.91. The van der Waals surface area contributed by atoms with Gasteiger partial charge in [-0.2, -0.15) is 0 Å². The maximum Gasteiger partial charge on any atom is 0.262 e. The summed E-state index contributed by atoms with van der Waals surface area (Å²) < 4.78 is 1.75. The van der Waals surface area contributed by atoms with Crippen LogP contribution in [0.2, 0.25) is 0 Å². The number of hydrogen-bond donors (Lipinski definition) is 0. The molecule has 0 bridgehead atoms. The molecule has 0 N–H and O–H groups in total. The minimum absolute atomic E-state index is 0.0228. The smallest absolute Gasteiger partial charge is 0.262 e. The SMILES string of the molecule is Cc1ccc(C(=O)n2c(C)c(CC(=O)C(C)C)c3cc(C)ccc32)cc1. The fraction of sp³-hybridized carbons (Fsp3) is 0.304. The van der Waals surface area contributed by atoms with Gasteiger partial charge in [0.2, 0.25) is 0 Å². The molecule has 0 aliphatic carbocycles. The number of nitrogens with zero attached hydrogens (tertiary/aromatic N) is 1. The van der Waals surface area contributed by atoms with Crippen molar-refractivity contribution >= 4 is 22.6 Å². The summed E-state index contributed by atoms with van der Waals surface area (Å²) in [5, 5.41) is 0.997. The Kier molecular flexibility index (Phi) is 4.82. The monoisotopic (exact) mass is 347 g/mol. The van der Waals surface area contributed by atoms with E-state index in [9.17, 15) is 9.59 Å². The van der Waals surface area contributed by atoms with Crippen molar-refractivity contribution in [3.63, 3.8) is 0 Å². The number of aromatic nitrogens is 1. The third-order valence-electron chi connectivity index (χ3n) is 4.99. The number of hydrogen-bond acceptors (Lipinski definition) is 2. The summed E-state index contributed by atoms with van der Waals surface area (Å²) >= 11 is 0. The Morgan fingerprint density at radius 2 is 1.54 bits per heavy atom. The largest absolute Gasteiger partial charge is 0.299 e. The van der Waals surface area contributed by atoms with Gasteiger partial charge in [0, 0.05) is 29.0 Å². The molecule has 2 aromatic carbocycles. The predicted octanol–water partition coefficient (Wildman–Crippen LogP) is 5.02. The Morgan fingerprint density at radius 1 is 0.923 bits per heavy atom. The van der Waals surface area contributed by atoms with Crippen LogP contribution < -0.4 is 0 Å². The zero-order valence-electron chi connectivity index (χ0n) is 16.1. The number of carbonyl (C=O) groups is 2. The second-order valence-corrected chi connectivity index (χ2v) is 7.39. The molecule has 0 unspecified atom stereocenters. The van der Waals surface area contributed by atoms with Crippen LogP contribution in [0.1, 0.15) is 46.6 Å². The molecule has 1 heterocycles. The van der Waals surface area contributed by atoms with Gasteiger partial charge in [-0.25, -0.2) is 0 Å². The molecule has 0 amide bonds. The Morgan fingerprint density at radius 3 is 2.15 bits per heavy atom. The van der Waals surface area contributed by atoms with E-state index in [0.29, 0.717) is 12.0 Å². The fourth-order valence-electron chi connectivity index (χ4n) is 3.29. The average molecular weight is 347 g/mol. The van der Waals surface area contributed by atoms with E-state index in [1.807, 2.05) is 71.0 Å². The van der Waals surface area contributed by atoms with Crippen LogP contribution in [0.3, 0.4) is 0 Å². The van der Waals surface area contributed by atoms with Crippen LogP contribution in [0.5, 0.6) is 0 Å². The molecule has 3 rings (SSSR count). The van der Waals surface area contributed by atoms with Gasteiger partial charge in [0.25, 0.3) is 5.91 Å². The molecular formula is C23H25NO2. The first-order valence-electron chi connectivity index (χ1n) is 9.04. The summed E-state index contributed by atoms with van der Waals surface area (Å²) in [5.74, 6) is 0.112. The number of rotatable bonds is 4. The van der Waals surface area contributed by atoms with Gasteiger partial charge in [0.1, 0.15) is 5.78 Å². The van der Waals surface area contributed by atoms with Crippen molar-refractivity contribution < 1.29 is 9.59 Å². The first-order chi connectivity index (χ1) is 12.3. The summed E-state index contributed by atoms with van der Waals surface area (Å²) in [6.45, 7) is 9.80. The van der Waals surface area contributed by atoms with Crippen molar-refractivity contribution in [1.82, 2.24) is 4.57 Å². The van der Waals surface area contributed by atoms with E-state index >= 15 is 0 Å². The van der Waals surface area contributed by atoms with E-state index in [2.05, 4.69) is 6.07 Å². The van der Waals surface area contributed by atoms with Crippen molar-refractivity contribution in [2.45, 2.75) is 41.0 Å². The molecule has 1 aromatic heterocycles. The van der Waals surface area contributed by atoms with Crippen LogP contribution in [0.25, 0.3) is 10.9 Å². The first kappa shape index (κ1) is 18.1. The molecule has 0 atom stereocenters. The zero-order chi connectivity index (χ0) is 19.0. The third-order valence-corrected chi connectivity index (χ3v) is 4.99. The van der Waals surface area contributed by atoms with E-state index in [-0.39, 0.29) is 17.6 Å². The second-order valence-electron chi connectivity index (χ2n) is 7.39. The predicted molar refractivity (Wildman–Crippen MR) is 106 cm³/mol. The number of carbonyl (C=O) groups excluding carboxylic acids is 2. The molecule has 0 aliphatic heterocycles. The quantitative estimate of drug-likeness (QED) is 0.664. The lowest BCUT2D eigenvalue weighted by atomic mass is 9.98. The lowest BCUT2D eigenvalue weighted by Gasteiger charge is -2.08. The molecule has 0 saturated heterocycles. The summed E-state index contributed by atoms with van der Waals surface area (Å²) in [4.78, 5) is 25.6. The van der Waals surface area contributed by atoms with Crippen molar-refractivity contribution in [1.29, 1.82) is 0 Å². The normalized spacial score (nSPS) is 11.3. The highest BCUT2D eigenvalue weighted by Gasteiger charge is 2.22. The van der Waals surface area contributed by atoms with E-state index in [0.717, 1.165) is 33.3 Å². The van der Waals surface area contributed by atoms with E-state index in [1.165, 1.54) is 0 Å². The lowest BCUT2D eigenvalue weighted by molar-refractivity contribution is -0.121. The minimum Gasteiger partial charge on any atom is -0.299 e. The maximum absolute atomic E-state index is 13.2. The van der Waals surface area contributed by atoms with Crippen LogP contribution in [0.4, 0.5) is 0 Å². The highest BCUT2D eigenvalue weighted by molar-refractivity contribution is 6.05. The van der Waals surface area contributed by atoms with Gasteiger partial charge < -0.3 is 0 Å². The Balaban J connectivity index is 2.19. The van der Waals surface area contributed by atoms with Gasteiger partial charge in [-0.15, -0.1) is 0 Å². The third kappa shape index (κ3) is 3.22. The number of fused-ring (bicyclic) bond motifs is 1.